The van der Waals surface area contributed by atoms with Crippen molar-refractivity contribution >= 4 is 11.6 Å². The van der Waals surface area contributed by atoms with Crippen molar-refractivity contribution in [2.75, 3.05) is 0 Å². The second kappa shape index (κ2) is 5.56. The molecule has 2 aromatic carbocycles. The number of nitrogens with zero attached hydrogens (tertiary/aromatic N) is 1. The first-order valence-electron chi connectivity index (χ1n) is 5.75. The zero-order chi connectivity index (χ0) is 14.8. The van der Waals surface area contributed by atoms with Gasteiger partial charge in [-0.25, -0.2) is 0 Å². The molecule has 102 valence electrons. The van der Waals surface area contributed by atoms with Crippen LogP contribution in [0.5, 0.6) is 0 Å². The van der Waals surface area contributed by atoms with E-state index in [9.17, 15) is 13.2 Å². The third-order valence-corrected chi connectivity index (χ3v) is 3.20. The van der Waals surface area contributed by atoms with Crippen LogP contribution in [0.25, 0.3) is 11.1 Å². The van der Waals surface area contributed by atoms with Crippen LogP contribution >= 0.6 is 11.6 Å². The largest absolute Gasteiger partial charge is 0.417 e. The van der Waals surface area contributed by atoms with E-state index in [1.807, 2.05) is 6.07 Å². The van der Waals surface area contributed by atoms with Crippen LogP contribution in [0.2, 0.25) is 5.02 Å². The molecule has 0 N–H and O–H groups in total. The van der Waals surface area contributed by atoms with Gasteiger partial charge in [0.15, 0.2) is 0 Å². The zero-order valence-corrected chi connectivity index (χ0v) is 11.0. The molecule has 0 aliphatic heterocycles. The summed E-state index contributed by atoms with van der Waals surface area (Å²) < 4.78 is 38.6. The third-order valence-electron chi connectivity index (χ3n) is 2.87. The van der Waals surface area contributed by atoms with Gasteiger partial charge in [0, 0.05) is 0 Å². The summed E-state index contributed by atoms with van der Waals surface area (Å²) in [6, 6.07) is 12.6. The fraction of sp³-hybridized carbons (Fsp3) is 0.133. The van der Waals surface area contributed by atoms with Gasteiger partial charge in [0.25, 0.3) is 0 Å². The van der Waals surface area contributed by atoms with E-state index in [4.69, 9.17) is 16.9 Å². The molecule has 0 amide bonds. The molecule has 0 heterocycles. The minimum absolute atomic E-state index is 0.139. The van der Waals surface area contributed by atoms with Crippen molar-refractivity contribution in [2.24, 2.45) is 0 Å². The molecule has 0 saturated carbocycles. The van der Waals surface area contributed by atoms with Crippen molar-refractivity contribution in [2.45, 2.75) is 12.6 Å². The van der Waals surface area contributed by atoms with Crippen LogP contribution in [0.3, 0.4) is 0 Å². The number of benzene rings is 2. The summed E-state index contributed by atoms with van der Waals surface area (Å²) in [6.45, 7) is 0. The van der Waals surface area contributed by atoms with Gasteiger partial charge < -0.3 is 0 Å². The Balaban J connectivity index is 2.58. The molecule has 1 nitrogen and oxygen atoms in total. The Hall–Kier alpha value is -1.99. The van der Waals surface area contributed by atoms with E-state index in [1.54, 1.807) is 24.3 Å². The van der Waals surface area contributed by atoms with Gasteiger partial charge in [-0.1, -0.05) is 41.9 Å². The van der Waals surface area contributed by atoms with Crippen LogP contribution < -0.4 is 0 Å². The van der Waals surface area contributed by atoms with Crippen LogP contribution in [0, 0.1) is 11.3 Å². The number of rotatable bonds is 2. The molecule has 0 fully saturated rings. The van der Waals surface area contributed by atoms with Gasteiger partial charge in [0.05, 0.1) is 23.1 Å². The molecule has 0 atom stereocenters. The lowest BCUT2D eigenvalue weighted by atomic mass is 9.96. The Morgan fingerprint density at radius 1 is 1.10 bits per heavy atom. The molecular weight excluding hydrogens is 287 g/mol. The smallest absolute Gasteiger partial charge is 0.198 e. The van der Waals surface area contributed by atoms with Crippen molar-refractivity contribution in [3.63, 3.8) is 0 Å². The van der Waals surface area contributed by atoms with E-state index >= 15 is 0 Å². The molecule has 0 radical (unpaired) electrons. The molecule has 2 aromatic rings. The van der Waals surface area contributed by atoms with Gasteiger partial charge in [-0.3, -0.25) is 0 Å². The van der Waals surface area contributed by atoms with Crippen LogP contribution in [0.15, 0.2) is 42.5 Å². The number of hydrogen-bond donors (Lipinski definition) is 0. The first kappa shape index (κ1) is 14.4. The molecule has 0 saturated heterocycles. The minimum atomic E-state index is -4.50. The van der Waals surface area contributed by atoms with Crippen molar-refractivity contribution in [3.05, 3.63) is 58.6 Å². The van der Waals surface area contributed by atoms with E-state index in [1.165, 1.54) is 12.1 Å². The summed E-state index contributed by atoms with van der Waals surface area (Å²) in [5.74, 6) is 0. The van der Waals surface area contributed by atoms with Crippen molar-refractivity contribution in [3.8, 4) is 17.2 Å². The fourth-order valence-corrected chi connectivity index (χ4v) is 2.18. The van der Waals surface area contributed by atoms with E-state index in [0.717, 1.165) is 6.07 Å². The highest BCUT2D eigenvalue weighted by molar-refractivity contribution is 6.31. The Morgan fingerprint density at radius 3 is 2.45 bits per heavy atom. The normalized spacial score (nSPS) is 11.2. The maximum Gasteiger partial charge on any atom is 0.417 e. The highest BCUT2D eigenvalue weighted by Crippen LogP contribution is 2.37. The Kier molecular flexibility index (Phi) is 4.01. The van der Waals surface area contributed by atoms with Gasteiger partial charge in [0.1, 0.15) is 0 Å². The molecule has 0 bridgehead atoms. The highest BCUT2D eigenvalue weighted by Gasteiger charge is 2.33. The summed E-state index contributed by atoms with van der Waals surface area (Å²) in [7, 11) is 0. The maximum atomic E-state index is 12.9. The minimum Gasteiger partial charge on any atom is -0.198 e. The first-order chi connectivity index (χ1) is 9.43. The second-order valence-electron chi connectivity index (χ2n) is 4.18. The monoisotopic (exact) mass is 295 g/mol. The number of hydrogen-bond acceptors (Lipinski definition) is 1. The molecule has 0 spiro atoms. The van der Waals surface area contributed by atoms with Gasteiger partial charge >= 0.3 is 6.18 Å². The molecular formula is C15H9ClF3N. The summed E-state index contributed by atoms with van der Waals surface area (Å²) in [6.07, 6.45) is -4.36. The van der Waals surface area contributed by atoms with Crippen molar-refractivity contribution < 1.29 is 13.2 Å². The lowest BCUT2D eigenvalue weighted by Gasteiger charge is -2.12. The van der Waals surface area contributed by atoms with Crippen molar-refractivity contribution in [1.29, 1.82) is 5.26 Å². The summed E-state index contributed by atoms with van der Waals surface area (Å²) in [4.78, 5) is 0. The Labute approximate surface area is 119 Å². The molecule has 5 heteroatoms. The predicted molar refractivity (Wildman–Crippen MR) is 71.2 cm³/mol. The average molecular weight is 296 g/mol. The Bertz CT molecular complexity index is 672. The second-order valence-corrected chi connectivity index (χ2v) is 4.59. The van der Waals surface area contributed by atoms with Crippen LogP contribution in [0.1, 0.15) is 11.1 Å². The van der Waals surface area contributed by atoms with Crippen LogP contribution in [0.4, 0.5) is 13.2 Å². The number of nitriles is 1. The zero-order valence-electron chi connectivity index (χ0n) is 10.2. The van der Waals surface area contributed by atoms with Crippen LogP contribution in [-0.2, 0) is 12.6 Å². The van der Waals surface area contributed by atoms with Gasteiger partial charge in [-0.15, -0.1) is 0 Å². The number of alkyl halides is 3. The molecule has 0 aliphatic carbocycles. The quantitative estimate of drug-likeness (QED) is 0.757. The van der Waals surface area contributed by atoms with E-state index in [0.29, 0.717) is 16.7 Å². The van der Waals surface area contributed by atoms with E-state index < -0.39 is 11.7 Å². The lowest BCUT2D eigenvalue weighted by Crippen LogP contribution is -2.06. The molecule has 0 aromatic heterocycles. The van der Waals surface area contributed by atoms with Gasteiger partial charge in [0.2, 0.25) is 0 Å². The van der Waals surface area contributed by atoms with Gasteiger partial charge in [-0.05, 0) is 28.8 Å². The molecule has 0 unspecified atom stereocenters. The Morgan fingerprint density at radius 2 is 1.80 bits per heavy atom. The highest BCUT2D eigenvalue weighted by atomic mass is 35.5. The summed E-state index contributed by atoms with van der Waals surface area (Å²) >= 11 is 5.60. The SMILES string of the molecule is N#CCc1ccccc1-c1ccc(Cl)c(C(F)(F)F)c1. The maximum absolute atomic E-state index is 12.9. The number of halogens is 4. The topological polar surface area (TPSA) is 23.8 Å². The lowest BCUT2D eigenvalue weighted by molar-refractivity contribution is -0.137. The molecule has 0 aliphatic rings. The summed E-state index contributed by atoms with van der Waals surface area (Å²) in [5.41, 5.74) is 0.817. The van der Waals surface area contributed by atoms with E-state index in [2.05, 4.69) is 0 Å². The van der Waals surface area contributed by atoms with Gasteiger partial charge in [-0.2, -0.15) is 18.4 Å². The predicted octanol–water partition coefficient (Wildman–Crippen LogP) is 5.09. The summed E-state index contributed by atoms with van der Waals surface area (Å²) in [5, 5.41) is 8.43. The van der Waals surface area contributed by atoms with Crippen LogP contribution in [-0.4, -0.2) is 0 Å². The average Bonchev–Trinajstić information content (AvgIpc) is 2.39. The molecule has 20 heavy (non-hydrogen) atoms. The standard InChI is InChI=1S/C15H9ClF3N/c16-14-6-5-11(9-13(14)15(17,18)19)12-4-2-1-3-10(12)7-8-20/h1-6,9H,7H2. The first-order valence-corrected chi connectivity index (χ1v) is 6.13. The molecule has 2 rings (SSSR count). The van der Waals surface area contributed by atoms with Crippen molar-refractivity contribution in [1.82, 2.24) is 0 Å². The fourth-order valence-electron chi connectivity index (χ4n) is 1.95. The third kappa shape index (κ3) is 2.94. The van der Waals surface area contributed by atoms with E-state index in [-0.39, 0.29) is 11.4 Å².